The van der Waals surface area contributed by atoms with Crippen LogP contribution >= 0.6 is 0 Å². The van der Waals surface area contributed by atoms with Crippen LogP contribution in [-0.2, 0) is 12.0 Å². The van der Waals surface area contributed by atoms with Crippen LogP contribution in [0.2, 0.25) is 0 Å². The molecule has 2 aromatic rings. The van der Waals surface area contributed by atoms with E-state index in [-0.39, 0.29) is 11.7 Å². The van der Waals surface area contributed by atoms with Crippen LogP contribution in [0.1, 0.15) is 63.0 Å². The summed E-state index contributed by atoms with van der Waals surface area (Å²) in [5, 5.41) is 10.4. The molecule has 1 saturated carbocycles. The molecular weight excluding hydrogens is 359 g/mol. The number of rotatable bonds is 8. The molecule has 3 rings (SSSR count). The summed E-state index contributed by atoms with van der Waals surface area (Å²) in [5.74, 6) is 0.00898. The van der Waals surface area contributed by atoms with Gasteiger partial charge < -0.3 is 0 Å². The number of halogens is 1. The molecule has 1 aliphatic rings. The average Bonchev–Trinajstić information content (AvgIpc) is 2.76. The highest BCUT2D eigenvalue weighted by Gasteiger charge is 2.42. The van der Waals surface area contributed by atoms with Gasteiger partial charge in [-0.05, 0) is 57.2 Å². The number of nitriles is 1. The second-order valence-electron chi connectivity index (χ2n) is 8.69. The topological polar surface area (TPSA) is 27.0 Å². The van der Waals surface area contributed by atoms with Gasteiger partial charge in [-0.25, -0.2) is 4.39 Å². The fourth-order valence-electron chi connectivity index (χ4n) is 4.87. The van der Waals surface area contributed by atoms with Gasteiger partial charge in [0.05, 0.1) is 11.5 Å². The quantitative estimate of drug-likeness (QED) is 0.515. The Balaban J connectivity index is 1.78. The largest absolute Gasteiger partial charge is 0.299 e. The standard InChI is InChI=1S/C26H33FN2/c1-21(29(2)19-22-11-5-3-6-12-22)17-18-26(20-28,23-13-7-4-8-14-23)24-15-9-10-16-25(24)27/h3,5-6,9-12,15-16,21,23H,4,7-8,13-14,17-19H2,1-2H3. The second kappa shape index (κ2) is 10.0. The van der Waals surface area contributed by atoms with E-state index in [0.29, 0.717) is 18.0 Å². The molecule has 1 aliphatic carbocycles. The van der Waals surface area contributed by atoms with E-state index in [9.17, 15) is 9.65 Å². The van der Waals surface area contributed by atoms with Crippen LogP contribution in [0.5, 0.6) is 0 Å². The molecule has 154 valence electrons. The average molecular weight is 393 g/mol. The normalized spacial score (nSPS) is 18.2. The van der Waals surface area contributed by atoms with Crippen LogP contribution in [0.3, 0.4) is 0 Å². The van der Waals surface area contributed by atoms with Gasteiger partial charge in [-0.3, -0.25) is 4.90 Å². The maximum Gasteiger partial charge on any atom is 0.128 e. The summed E-state index contributed by atoms with van der Waals surface area (Å²) in [5.41, 5.74) is 1.16. The van der Waals surface area contributed by atoms with E-state index in [4.69, 9.17) is 0 Å². The molecule has 2 aromatic carbocycles. The maximum absolute atomic E-state index is 14.8. The van der Waals surface area contributed by atoms with Crippen LogP contribution in [0.4, 0.5) is 4.39 Å². The predicted octanol–water partition coefficient (Wildman–Crippen LogP) is 6.47. The minimum Gasteiger partial charge on any atom is -0.299 e. The second-order valence-corrected chi connectivity index (χ2v) is 8.69. The van der Waals surface area contributed by atoms with Crippen molar-refractivity contribution < 1.29 is 4.39 Å². The van der Waals surface area contributed by atoms with E-state index in [1.807, 2.05) is 18.2 Å². The molecule has 2 atom stereocenters. The molecular formula is C26H33FN2. The summed E-state index contributed by atoms with van der Waals surface area (Å²) >= 11 is 0. The molecule has 2 unspecified atom stereocenters. The van der Waals surface area contributed by atoms with Crippen molar-refractivity contribution in [2.45, 2.75) is 69.9 Å². The van der Waals surface area contributed by atoms with Crippen molar-refractivity contribution in [2.75, 3.05) is 7.05 Å². The number of benzene rings is 2. The molecule has 29 heavy (non-hydrogen) atoms. The van der Waals surface area contributed by atoms with E-state index in [1.54, 1.807) is 6.07 Å². The third kappa shape index (κ3) is 5.06. The first-order valence-electron chi connectivity index (χ1n) is 11.0. The lowest BCUT2D eigenvalue weighted by atomic mass is 9.63. The van der Waals surface area contributed by atoms with Crippen LogP contribution in [0.15, 0.2) is 54.6 Å². The van der Waals surface area contributed by atoms with Crippen LogP contribution in [0.25, 0.3) is 0 Å². The zero-order valence-electron chi connectivity index (χ0n) is 17.8. The number of nitrogens with zero attached hydrogens (tertiary/aromatic N) is 2. The van der Waals surface area contributed by atoms with Crippen LogP contribution < -0.4 is 0 Å². The Bertz CT molecular complexity index is 807. The SMILES string of the molecule is CC(CCC(C#N)(c1ccccc1F)C1CCCCC1)N(C)Cc1ccccc1. The Morgan fingerprint density at radius 1 is 1.07 bits per heavy atom. The summed E-state index contributed by atoms with van der Waals surface area (Å²) in [6.07, 6.45) is 7.15. The Morgan fingerprint density at radius 3 is 2.38 bits per heavy atom. The molecule has 3 heteroatoms. The summed E-state index contributed by atoms with van der Waals surface area (Å²) in [4.78, 5) is 2.33. The minimum absolute atomic E-state index is 0.232. The third-order valence-electron chi connectivity index (χ3n) is 6.84. The first-order chi connectivity index (χ1) is 14.1. The Morgan fingerprint density at radius 2 is 1.72 bits per heavy atom. The lowest BCUT2D eigenvalue weighted by Crippen LogP contribution is -2.38. The fourth-order valence-corrected chi connectivity index (χ4v) is 4.87. The van der Waals surface area contributed by atoms with Crippen molar-refractivity contribution in [3.8, 4) is 6.07 Å². The monoisotopic (exact) mass is 392 g/mol. The van der Waals surface area contributed by atoms with Crippen molar-refractivity contribution >= 4 is 0 Å². The Kier molecular flexibility index (Phi) is 7.45. The van der Waals surface area contributed by atoms with Gasteiger partial charge in [-0.1, -0.05) is 67.8 Å². The van der Waals surface area contributed by atoms with Crippen molar-refractivity contribution in [3.63, 3.8) is 0 Å². The lowest BCUT2D eigenvalue weighted by Gasteiger charge is -2.39. The molecule has 0 bridgehead atoms. The molecule has 0 N–H and O–H groups in total. The Hall–Kier alpha value is -2.18. The van der Waals surface area contributed by atoms with Gasteiger partial charge >= 0.3 is 0 Å². The molecule has 0 heterocycles. The minimum atomic E-state index is -0.729. The van der Waals surface area contributed by atoms with Gasteiger partial charge in [0.25, 0.3) is 0 Å². The molecule has 0 spiro atoms. The smallest absolute Gasteiger partial charge is 0.128 e. The number of hydrogen-bond acceptors (Lipinski definition) is 2. The van der Waals surface area contributed by atoms with Gasteiger partial charge in [-0.15, -0.1) is 0 Å². The fraction of sp³-hybridized carbons (Fsp3) is 0.500. The molecule has 0 saturated heterocycles. The third-order valence-corrected chi connectivity index (χ3v) is 6.84. The van der Waals surface area contributed by atoms with Gasteiger partial charge in [0.15, 0.2) is 0 Å². The highest BCUT2D eigenvalue weighted by molar-refractivity contribution is 5.35. The molecule has 2 nitrogen and oxygen atoms in total. The van der Waals surface area contributed by atoms with Gasteiger partial charge in [0.2, 0.25) is 0 Å². The summed E-state index contributed by atoms with van der Waals surface area (Å²) in [6.45, 7) is 3.10. The van der Waals surface area contributed by atoms with E-state index in [2.05, 4.69) is 49.2 Å². The molecule has 1 fully saturated rings. The van der Waals surface area contributed by atoms with E-state index in [0.717, 1.165) is 38.6 Å². The zero-order valence-corrected chi connectivity index (χ0v) is 17.8. The summed E-state index contributed by atoms with van der Waals surface area (Å²) in [7, 11) is 2.13. The first-order valence-corrected chi connectivity index (χ1v) is 11.0. The van der Waals surface area contributed by atoms with Gasteiger partial charge in [-0.2, -0.15) is 5.26 Å². The molecule has 0 aromatic heterocycles. The van der Waals surface area contributed by atoms with E-state index >= 15 is 0 Å². The first kappa shape index (κ1) is 21.5. The number of hydrogen-bond donors (Lipinski definition) is 0. The van der Waals surface area contributed by atoms with Crippen molar-refractivity contribution in [1.29, 1.82) is 5.26 Å². The molecule has 0 amide bonds. The molecule has 0 aliphatic heterocycles. The van der Waals surface area contributed by atoms with Gasteiger partial charge in [0, 0.05) is 18.2 Å². The highest BCUT2D eigenvalue weighted by Crippen LogP contribution is 2.45. The van der Waals surface area contributed by atoms with Crippen molar-refractivity contribution in [3.05, 3.63) is 71.5 Å². The Labute approximate surface area is 175 Å². The van der Waals surface area contributed by atoms with E-state index in [1.165, 1.54) is 18.1 Å². The van der Waals surface area contributed by atoms with Crippen LogP contribution in [-0.4, -0.2) is 18.0 Å². The van der Waals surface area contributed by atoms with Crippen molar-refractivity contribution in [1.82, 2.24) is 4.90 Å². The lowest BCUT2D eigenvalue weighted by molar-refractivity contribution is 0.189. The van der Waals surface area contributed by atoms with Gasteiger partial charge in [0.1, 0.15) is 5.82 Å². The van der Waals surface area contributed by atoms with E-state index < -0.39 is 5.41 Å². The summed E-state index contributed by atoms with van der Waals surface area (Å²) < 4.78 is 14.8. The zero-order chi connectivity index (χ0) is 20.7. The maximum atomic E-state index is 14.8. The van der Waals surface area contributed by atoms with Crippen LogP contribution in [0, 0.1) is 23.1 Å². The summed E-state index contributed by atoms with van der Waals surface area (Å²) in [6, 6.07) is 20.3. The van der Waals surface area contributed by atoms with Crippen molar-refractivity contribution in [2.24, 2.45) is 5.92 Å². The highest BCUT2D eigenvalue weighted by atomic mass is 19.1. The molecule has 0 radical (unpaired) electrons. The predicted molar refractivity (Wildman–Crippen MR) is 117 cm³/mol.